The lowest BCUT2D eigenvalue weighted by molar-refractivity contribution is -0.105. The fourth-order valence-electron chi connectivity index (χ4n) is 0.794. The molecule has 11 heavy (non-hydrogen) atoms. The minimum atomic E-state index is 0.338. The van der Waals surface area contributed by atoms with Crippen LogP contribution in [0, 0.1) is 0 Å². The summed E-state index contributed by atoms with van der Waals surface area (Å²) in [6.07, 6.45) is 4.19. The van der Waals surface area contributed by atoms with Gasteiger partial charge in [-0.25, -0.2) is 0 Å². The molecule has 1 aliphatic rings. The van der Waals surface area contributed by atoms with E-state index >= 15 is 0 Å². The molecule has 3 heteroatoms. The van der Waals surface area contributed by atoms with Crippen LogP contribution in [0.1, 0.15) is 6.92 Å². The lowest BCUT2D eigenvalue weighted by atomic mass is 10.2. The average Bonchev–Trinajstić information content (AvgIpc) is 2.06. The van der Waals surface area contributed by atoms with Crippen molar-refractivity contribution in [1.82, 2.24) is 0 Å². The Balaban J connectivity index is 2.73. The van der Waals surface area contributed by atoms with E-state index < -0.39 is 0 Å². The summed E-state index contributed by atoms with van der Waals surface area (Å²) < 4.78 is 10.1. The van der Waals surface area contributed by atoms with Crippen LogP contribution < -0.4 is 0 Å². The Morgan fingerprint density at radius 2 is 2.64 bits per heavy atom. The quantitative estimate of drug-likeness (QED) is 0.569. The normalized spacial score (nSPS) is 16.1. The Morgan fingerprint density at radius 1 is 1.82 bits per heavy atom. The smallest absolute Gasteiger partial charge is 0.290 e. The minimum Gasteiger partial charge on any atom is -0.465 e. The maximum Gasteiger partial charge on any atom is 0.290 e. The number of rotatable bonds is 3. The lowest BCUT2D eigenvalue weighted by Crippen LogP contribution is -2.06. The Kier molecular flexibility index (Phi) is 2.72. The summed E-state index contributed by atoms with van der Waals surface area (Å²) in [4.78, 5) is 10.4. The van der Waals surface area contributed by atoms with Crippen molar-refractivity contribution in [3.8, 4) is 0 Å². The second-order valence-electron chi connectivity index (χ2n) is 2.01. The second kappa shape index (κ2) is 3.81. The number of carbonyl (C=O) groups is 1. The molecule has 0 atom stereocenters. The molecule has 0 aromatic heterocycles. The Labute approximate surface area is 65.3 Å². The highest BCUT2D eigenvalue weighted by Crippen LogP contribution is 2.11. The van der Waals surface area contributed by atoms with E-state index in [4.69, 9.17) is 9.47 Å². The molecule has 0 aromatic rings. The van der Waals surface area contributed by atoms with Crippen molar-refractivity contribution in [3.63, 3.8) is 0 Å². The number of ether oxygens (including phenoxy) is 2. The molecule has 3 nitrogen and oxygen atoms in total. The van der Waals surface area contributed by atoms with Crippen molar-refractivity contribution in [2.75, 3.05) is 13.2 Å². The van der Waals surface area contributed by atoms with E-state index in [2.05, 4.69) is 0 Å². The Bertz CT molecular complexity index is 203. The van der Waals surface area contributed by atoms with Gasteiger partial charge in [0.05, 0.1) is 12.2 Å². The van der Waals surface area contributed by atoms with Crippen LogP contribution >= 0.6 is 0 Å². The summed E-state index contributed by atoms with van der Waals surface area (Å²) in [5.41, 5.74) is 0.470. The van der Waals surface area contributed by atoms with E-state index in [9.17, 15) is 4.79 Å². The second-order valence-corrected chi connectivity index (χ2v) is 2.01. The van der Waals surface area contributed by atoms with E-state index in [1.165, 1.54) is 0 Å². The Morgan fingerprint density at radius 3 is 3.27 bits per heavy atom. The molecule has 60 valence electrons. The minimum absolute atomic E-state index is 0.338. The van der Waals surface area contributed by atoms with Gasteiger partial charge in [-0.15, -0.1) is 0 Å². The zero-order chi connectivity index (χ0) is 8.10. The van der Waals surface area contributed by atoms with Crippen LogP contribution in [0.15, 0.2) is 23.7 Å². The van der Waals surface area contributed by atoms with Crippen molar-refractivity contribution in [2.45, 2.75) is 6.92 Å². The van der Waals surface area contributed by atoms with Crippen LogP contribution in [0.4, 0.5) is 0 Å². The van der Waals surface area contributed by atoms with Crippen LogP contribution in [-0.4, -0.2) is 19.5 Å². The number of hydrogen-bond acceptors (Lipinski definition) is 3. The first-order valence-electron chi connectivity index (χ1n) is 3.50. The number of allylic oxidation sites excluding steroid dienone is 2. The molecule has 0 fully saturated rings. The van der Waals surface area contributed by atoms with Gasteiger partial charge in [-0.05, 0) is 19.1 Å². The third-order valence-electron chi connectivity index (χ3n) is 1.25. The highest BCUT2D eigenvalue weighted by Gasteiger charge is 2.08. The maximum absolute atomic E-state index is 10.4. The van der Waals surface area contributed by atoms with Crippen LogP contribution in [0.25, 0.3) is 0 Å². The molecule has 0 saturated carbocycles. The summed E-state index contributed by atoms with van der Waals surface area (Å²) in [7, 11) is 0. The van der Waals surface area contributed by atoms with Gasteiger partial charge in [0.15, 0.2) is 6.29 Å². The van der Waals surface area contributed by atoms with E-state index in [-0.39, 0.29) is 0 Å². The van der Waals surface area contributed by atoms with Gasteiger partial charge in [-0.3, -0.25) is 4.79 Å². The van der Waals surface area contributed by atoms with E-state index in [1.807, 2.05) is 6.92 Å². The zero-order valence-corrected chi connectivity index (χ0v) is 6.37. The molecule has 1 rings (SSSR count). The lowest BCUT2D eigenvalue weighted by Gasteiger charge is -2.13. The summed E-state index contributed by atoms with van der Waals surface area (Å²) in [5, 5.41) is 0. The summed E-state index contributed by atoms with van der Waals surface area (Å²) in [6, 6.07) is 0. The predicted molar refractivity (Wildman–Crippen MR) is 39.8 cm³/mol. The topological polar surface area (TPSA) is 35.5 Å². The first kappa shape index (κ1) is 7.85. The van der Waals surface area contributed by atoms with E-state index in [0.717, 1.165) is 6.29 Å². The molecule has 0 aromatic carbocycles. The SMILES string of the molecule is CCOC1=C(C=O)C=CCO1. The third-order valence-corrected chi connectivity index (χ3v) is 1.25. The summed E-state index contributed by atoms with van der Waals surface area (Å²) in [6.45, 7) is 2.84. The maximum atomic E-state index is 10.4. The fraction of sp³-hybridized carbons (Fsp3) is 0.375. The first-order chi connectivity index (χ1) is 5.38. The molecule has 0 aliphatic carbocycles. The molecule has 0 amide bonds. The van der Waals surface area contributed by atoms with Crippen molar-refractivity contribution in [2.24, 2.45) is 0 Å². The van der Waals surface area contributed by atoms with Crippen molar-refractivity contribution in [1.29, 1.82) is 0 Å². The number of hydrogen-bond donors (Lipinski definition) is 0. The highest BCUT2D eigenvalue weighted by atomic mass is 16.7. The van der Waals surface area contributed by atoms with Crippen LogP contribution in [0.3, 0.4) is 0 Å². The van der Waals surface area contributed by atoms with Gasteiger partial charge in [0.25, 0.3) is 5.95 Å². The highest BCUT2D eigenvalue weighted by molar-refractivity contribution is 5.78. The van der Waals surface area contributed by atoms with Gasteiger partial charge < -0.3 is 9.47 Å². The number of carbonyl (C=O) groups excluding carboxylic acids is 1. The van der Waals surface area contributed by atoms with Gasteiger partial charge in [0.2, 0.25) is 0 Å². The largest absolute Gasteiger partial charge is 0.465 e. The summed E-state index contributed by atoms with van der Waals surface area (Å²) >= 11 is 0. The molecular weight excluding hydrogens is 144 g/mol. The van der Waals surface area contributed by atoms with Gasteiger partial charge >= 0.3 is 0 Å². The summed E-state index contributed by atoms with van der Waals surface area (Å²) in [5.74, 6) is 0.338. The third kappa shape index (κ3) is 1.83. The molecule has 0 spiro atoms. The molecule has 0 radical (unpaired) electrons. The fourth-order valence-corrected chi connectivity index (χ4v) is 0.794. The molecule has 1 heterocycles. The van der Waals surface area contributed by atoms with Crippen molar-refractivity contribution in [3.05, 3.63) is 23.7 Å². The molecule has 0 bridgehead atoms. The van der Waals surface area contributed by atoms with Crippen molar-refractivity contribution < 1.29 is 14.3 Å². The number of aldehydes is 1. The molecule has 0 saturated heterocycles. The first-order valence-corrected chi connectivity index (χ1v) is 3.50. The van der Waals surface area contributed by atoms with Crippen LogP contribution in [0.5, 0.6) is 0 Å². The van der Waals surface area contributed by atoms with Gasteiger partial charge in [-0.1, -0.05) is 0 Å². The average molecular weight is 154 g/mol. The van der Waals surface area contributed by atoms with Crippen LogP contribution in [-0.2, 0) is 14.3 Å². The van der Waals surface area contributed by atoms with E-state index in [0.29, 0.717) is 24.7 Å². The zero-order valence-electron chi connectivity index (χ0n) is 6.37. The molecular formula is C8H10O3. The van der Waals surface area contributed by atoms with Gasteiger partial charge in [0, 0.05) is 0 Å². The Hall–Kier alpha value is -1.25. The molecule has 0 unspecified atom stereocenters. The van der Waals surface area contributed by atoms with E-state index in [1.54, 1.807) is 12.2 Å². The monoisotopic (exact) mass is 154 g/mol. The van der Waals surface area contributed by atoms with Crippen molar-refractivity contribution >= 4 is 6.29 Å². The van der Waals surface area contributed by atoms with Gasteiger partial charge in [-0.2, -0.15) is 0 Å². The standard InChI is InChI=1S/C8H10O3/c1-2-10-8-7(6-9)4-3-5-11-8/h3-4,6H,2,5H2,1H3. The van der Waals surface area contributed by atoms with Gasteiger partial charge in [0.1, 0.15) is 6.61 Å². The van der Waals surface area contributed by atoms with Crippen LogP contribution in [0.2, 0.25) is 0 Å². The molecule has 1 aliphatic heterocycles. The molecule has 0 N–H and O–H groups in total. The predicted octanol–water partition coefficient (Wildman–Crippen LogP) is 1.02.